The van der Waals surface area contributed by atoms with Gasteiger partial charge in [0.15, 0.2) is 0 Å². The summed E-state index contributed by atoms with van der Waals surface area (Å²) in [5, 5.41) is 6.38. The van der Waals surface area contributed by atoms with E-state index in [1.54, 1.807) is 0 Å². The lowest BCUT2D eigenvalue weighted by Crippen LogP contribution is -2.50. The molecule has 1 saturated heterocycles. The third-order valence-corrected chi connectivity index (χ3v) is 5.79. The highest BCUT2D eigenvalue weighted by molar-refractivity contribution is 5.80. The van der Waals surface area contributed by atoms with E-state index in [9.17, 15) is 9.59 Å². The van der Waals surface area contributed by atoms with Crippen LogP contribution in [-0.4, -0.2) is 42.0 Å². The Hall–Kier alpha value is -1.26. The third-order valence-electron chi connectivity index (χ3n) is 5.79. The van der Waals surface area contributed by atoms with Crippen LogP contribution in [0.25, 0.3) is 0 Å². The zero-order chi connectivity index (χ0) is 16.1. The molecule has 2 aliphatic carbocycles. The van der Waals surface area contributed by atoms with Gasteiger partial charge in [0.25, 0.3) is 0 Å². The van der Waals surface area contributed by atoms with Crippen molar-refractivity contribution in [1.29, 1.82) is 0 Å². The molecule has 3 amide bonds. The Bertz CT molecular complexity index is 406. The predicted octanol–water partition coefficient (Wildman–Crippen LogP) is 2.80. The first kappa shape index (κ1) is 16.6. The van der Waals surface area contributed by atoms with E-state index in [0.717, 1.165) is 38.5 Å². The van der Waals surface area contributed by atoms with E-state index in [2.05, 4.69) is 10.6 Å². The van der Waals surface area contributed by atoms with Crippen molar-refractivity contribution in [3.8, 4) is 0 Å². The van der Waals surface area contributed by atoms with Crippen LogP contribution < -0.4 is 10.6 Å². The minimum absolute atomic E-state index is 0.0755. The van der Waals surface area contributed by atoms with E-state index in [-0.39, 0.29) is 17.9 Å². The minimum Gasteiger partial charge on any atom is -0.353 e. The Labute approximate surface area is 139 Å². The zero-order valence-electron chi connectivity index (χ0n) is 14.2. The molecular weight excluding hydrogens is 290 g/mol. The predicted molar refractivity (Wildman–Crippen MR) is 90.1 cm³/mol. The molecule has 0 spiro atoms. The molecule has 0 aromatic carbocycles. The van der Waals surface area contributed by atoms with Crippen LogP contribution in [0.1, 0.15) is 70.6 Å². The van der Waals surface area contributed by atoms with Crippen LogP contribution in [0.4, 0.5) is 4.79 Å². The molecule has 130 valence electrons. The normalized spacial score (nSPS) is 24.6. The summed E-state index contributed by atoms with van der Waals surface area (Å²) in [4.78, 5) is 26.5. The lowest BCUT2D eigenvalue weighted by Gasteiger charge is -2.33. The Morgan fingerprint density at radius 2 is 1.22 bits per heavy atom. The van der Waals surface area contributed by atoms with Crippen molar-refractivity contribution in [3.05, 3.63) is 0 Å². The van der Waals surface area contributed by atoms with Gasteiger partial charge in [-0.25, -0.2) is 4.79 Å². The van der Waals surface area contributed by atoms with Gasteiger partial charge in [0.2, 0.25) is 5.91 Å². The molecular formula is C18H31N3O2. The van der Waals surface area contributed by atoms with E-state index in [1.807, 2.05) is 4.90 Å². The Morgan fingerprint density at radius 3 is 1.83 bits per heavy atom. The van der Waals surface area contributed by atoms with Crippen molar-refractivity contribution in [2.75, 3.05) is 13.1 Å². The summed E-state index contributed by atoms with van der Waals surface area (Å²) in [6, 6.07) is 0.835. The summed E-state index contributed by atoms with van der Waals surface area (Å²) in [6.45, 7) is 1.42. The fraction of sp³-hybridized carbons (Fsp3) is 0.889. The highest BCUT2D eigenvalue weighted by Crippen LogP contribution is 2.22. The topological polar surface area (TPSA) is 61.4 Å². The Balaban J connectivity index is 1.38. The van der Waals surface area contributed by atoms with Gasteiger partial charge in [-0.3, -0.25) is 4.79 Å². The van der Waals surface area contributed by atoms with Crippen LogP contribution in [0, 0.1) is 5.92 Å². The molecule has 0 radical (unpaired) electrons. The molecule has 0 aromatic heterocycles. The van der Waals surface area contributed by atoms with Gasteiger partial charge in [-0.15, -0.1) is 0 Å². The quantitative estimate of drug-likeness (QED) is 0.839. The lowest BCUT2D eigenvalue weighted by atomic mass is 9.94. The SMILES string of the molecule is O=C(NC1CCCC1)C1CCN(C(=O)NC2CCCCC2)CC1. The summed E-state index contributed by atoms with van der Waals surface area (Å²) in [5.41, 5.74) is 0. The minimum atomic E-state index is 0.0755. The summed E-state index contributed by atoms with van der Waals surface area (Å²) in [5.74, 6) is 0.304. The molecule has 23 heavy (non-hydrogen) atoms. The van der Waals surface area contributed by atoms with E-state index in [1.165, 1.54) is 32.1 Å². The monoisotopic (exact) mass is 321 g/mol. The number of hydrogen-bond donors (Lipinski definition) is 2. The number of urea groups is 1. The number of rotatable bonds is 3. The maximum absolute atomic E-state index is 12.3. The van der Waals surface area contributed by atoms with E-state index >= 15 is 0 Å². The number of nitrogens with zero attached hydrogens (tertiary/aromatic N) is 1. The summed E-state index contributed by atoms with van der Waals surface area (Å²) < 4.78 is 0. The van der Waals surface area contributed by atoms with Gasteiger partial charge in [0.1, 0.15) is 0 Å². The van der Waals surface area contributed by atoms with Gasteiger partial charge in [0, 0.05) is 31.1 Å². The van der Waals surface area contributed by atoms with Crippen molar-refractivity contribution in [2.24, 2.45) is 5.92 Å². The van der Waals surface area contributed by atoms with Crippen molar-refractivity contribution in [1.82, 2.24) is 15.5 Å². The smallest absolute Gasteiger partial charge is 0.317 e. The van der Waals surface area contributed by atoms with Gasteiger partial charge >= 0.3 is 6.03 Å². The van der Waals surface area contributed by atoms with Crippen molar-refractivity contribution in [2.45, 2.75) is 82.7 Å². The van der Waals surface area contributed by atoms with Gasteiger partial charge in [-0.05, 0) is 38.5 Å². The maximum Gasteiger partial charge on any atom is 0.317 e. The molecule has 5 nitrogen and oxygen atoms in total. The molecule has 3 aliphatic rings. The number of piperidine rings is 1. The lowest BCUT2D eigenvalue weighted by molar-refractivity contribution is -0.126. The molecule has 0 bridgehead atoms. The molecule has 1 heterocycles. The maximum atomic E-state index is 12.3. The number of amides is 3. The molecule has 1 aliphatic heterocycles. The first-order chi connectivity index (χ1) is 11.2. The molecule has 2 saturated carbocycles. The summed E-state index contributed by atoms with van der Waals surface area (Å²) >= 11 is 0. The van der Waals surface area contributed by atoms with Crippen molar-refractivity contribution in [3.63, 3.8) is 0 Å². The first-order valence-corrected chi connectivity index (χ1v) is 9.58. The molecule has 0 unspecified atom stereocenters. The standard InChI is InChI=1S/C18H31N3O2/c22-17(19-15-8-4-5-9-15)14-10-12-21(13-11-14)18(23)20-16-6-2-1-3-7-16/h14-16H,1-13H2,(H,19,22)(H,20,23). The number of nitrogens with one attached hydrogen (secondary N) is 2. The summed E-state index contributed by atoms with van der Waals surface area (Å²) in [7, 11) is 0. The number of likely N-dealkylation sites (tertiary alicyclic amines) is 1. The summed E-state index contributed by atoms with van der Waals surface area (Å²) in [6.07, 6.45) is 12.3. The fourth-order valence-corrected chi connectivity index (χ4v) is 4.25. The van der Waals surface area contributed by atoms with Crippen LogP contribution in [-0.2, 0) is 4.79 Å². The highest BCUT2D eigenvalue weighted by Gasteiger charge is 2.29. The number of carbonyl (C=O) groups excluding carboxylic acids is 2. The van der Waals surface area contributed by atoms with Crippen molar-refractivity contribution < 1.29 is 9.59 Å². The second-order valence-corrected chi connectivity index (χ2v) is 7.54. The number of hydrogen-bond acceptors (Lipinski definition) is 2. The van der Waals surface area contributed by atoms with Gasteiger partial charge in [0.05, 0.1) is 0 Å². The molecule has 3 fully saturated rings. The van der Waals surface area contributed by atoms with E-state index in [0.29, 0.717) is 25.2 Å². The molecule has 0 atom stereocenters. The third kappa shape index (κ3) is 4.61. The molecule has 0 aromatic rings. The number of carbonyl (C=O) groups is 2. The van der Waals surface area contributed by atoms with Gasteiger partial charge in [-0.2, -0.15) is 0 Å². The van der Waals surface area contributed by atoms with Gasteiger partial charge in [-0.1, -0.05) is 32.1 Å². The van der Waals surface area contributed by atoms with Crippen LogP contribution in [0.5, 0.6) is 0 Å². The van der Waals surface area contributed by atoms with Crippen LogP contribution in [0.2, 0.25) is 0 Å². The Kier molecular flexibility index (Phi) is 5.79. The van der Waals surface area contributed by atoms with Gasteiger partial charge < -0.3 is 15.5 Å². The molecule has 3 rings (SSSR count). The van der Waals surface area contributed by atoms with E-state index < -0.39 is 0 Å². The van der Waals surface area contributed by atoms with Crippen LogP contribution in [0.3, 0.4) is 0 Å². The van der Waals surface area contributed by atoms with Crippen LogP contribution >= 0.6 is 0 Å². The molecule has 5 heteroatoms. The Morgan fingerprint density at radius 1 is 0.696 bits per heavy atom. The zero-order valence-corrected chi connectivity index (χ0v) is 14.2. The second kappa shape index (κ2) is 8.02. The first-order valence-electron chi connectivity index (χ1n) is 9.58. The van der Waals surface area contributed by atoms with E-state index in [4.69, 9.17) is 0 Å². The highest BCUT2D eigenvalue weighted by atomic mass is 16.2. The largest absolute Gasteiger partial charge is 0.353 e. The average molecular weight is 321 g/mol. The second-order valence-electron chi connectivity index (χ2n) is 7.54. The fourth-order valence-electron chi connectivity index (χ4n) is 4.25. The van der Waals surface area contributed by atoms with Crippen LogP contribution in [0.15, 0.2) is 0 Å². The average Bonchev–Trinajstić information content (AvgIpc) is 3.09. The molecule has 2 N–H and O–H groups in total. The van der Waals surface area contributed by atoms with Crippen molar-refractivity contribution >= 4 is 11.9 Å².